The lowest BCUT2D eigenvalue weighted by molar-refractivity contribution is -0.0311. The lowest BCUT2D eigenvalue weighted by atomic mass is 9.95. The van der Waals surface area contributed by atoms with Crippen LogP contribution < -0.4 is 5.32 Å². The normalized spacial score (nSPS) is 21.2. The summed E-state index contributed by atoms with van der Waals surface area (Å²) in [6.07, 6.45) is 6.29. The van der Waals surface area contributed by atoms with Gasteiger partial charge in [-0.05, 0) is 56.9 Å². The second-order valence-corrected chi connectivity index (χ2v) is 9.21. The number of anilines is 1. The van der Waals surface area contributed by atoms with Gasteiger partial charge >= 0.3 is 12.2 Å². The number of aromatic nitrogens is 2. The van der Waals surface area contributed by atoms with Gasteiger partial charge in [-0.25, -0.2) is 9.59 Å². The molecule has 2 aliphatic carbocycles. The van der Waals surface area contributed by atoms with E-state index in [0.717, 1.165) is 62.8 Å². The van der Waals surface area contributed by atoms with Gasteiger partial charge in [0.15, 0.2) is 12.1 Å². The molecule has 1 atom stereocenters. The molecule has 9 nitrogen and oxygen atoms in total. The lowest BCUT2D eigenvalue weighted by Crippen LogP contribution is -2.47. The summed E-state index contributed by atoms with van der Waals surface area (Å²) in [7, 11) is 0. The van der Waals surface area contributed by atoms with Gasteiger partial charge in [-0.15, -0.1) is 11.3 Å². The Morgan fingerprint density at radius 2 is 2.00 bits per heavy atom. The van der Waals surface area contributed by atoms with Crippen molar-refractivity contribution < 1.29 is 24.0 Å². The molecule has 2 N–H and O–H groups in total. The maximum absolute atomic E-state index is 13.1. The first kappa shape index (κ1) is 19.3. The first-order valence-corrected chi connectivity index (χ1v) is 11.4. The van der Waals surface area contributed by atoms with Gasteiger partial charge in [0, 0.05) is 23.8 Å². The number of hydrogen-bond acceptors (Lipinski definition) is 7. The molecule has 0 radical (unpaired) electrons. The number of aryl methyl sites for hydroxylation is 1. The topological polar surface area (TPSA) is 118 Å². The zero-order valence-corrected chi connectivity index (χ0v) is 17.4. The third kappa shape index (κ3) is 3.76. The number of likely N-dealkylation sites (tertiary alicyclic amines) is 1. The molecule has 1 aliphatic heterocycles. The molecule has 0 bridgehead atoms. The van der Waals surface area contributed by atoms with Crippen molar-refractivity contribution in [2.24, 2.45) is 0 Å². The number of thiophene rings is 1. The highest BCUT2D eigenvalue weighted by atomic mass is 32.1. The van der Waals surface area contributed by atoms with E-state index in [9.17, 15) is 9.59 Å². The molecule has 1 saturated carbocycles. The van der Waals surface area contributed by atoms with Crippen LogP contribution in [0.1, 0.15) is 67.1 Å². The van der Waals surface area contributed by atoms with Crippen molar-refractivity contribution in [2.75, 3.05) is 11.9 Å². The second-order valence-electron chi connectivity index (χ2n) is 8.10. The fourth-order valence-electron chi connectivity index (χ4n) is 4.27. The Morgan fingerprint density at radius 1 is 1.17 bits per heavy atom. The average Bonchev–Trinajstić information content (AvgIpc) is 3.35. The summed E-state index contributed by atoms with van der Waals surface area (Å²) in [5.74, 6) is 1.59. The summed E-state index contributed by atoms with van der Waals surface area (Å²) in [5, 5.41) is 16.8. The Labute approximate surface area is 177 Å². The summed E-state index contributed by atoms with van der Waals surface area (Å²) in [4.78, 5) is 31.4. The van der Waals surface area contributed by atoms with Crippen LogP contribution in [0.4, 0.5) is 14.6 Å². The van der Waals surface area contributed by atoms with E-state index >= 15 is 0 Å². The highest BCUT2D eigenvalue weighted by Gasteiger charge is 2.34. The van der Waals surface area contributed by atoms with E-state index in [0.29, 0.717) is 29.8 Å². The minimum Gasteiger partial charge on any atom is -0.450 e. The van der Waals surface area contributed by atoms with E-state index in [2.05, 4.69) is 15.5 Å². The number of carbonyl (C=O) groups is 2. The summed E-state index contributed by atoms with van der Waals surface area (Å²) < 4.78 is 10.5. The molecule has 2 amide bonds. The standard InChI is InChI=1S/C20H24N4O5S/c25-19(24-10-4-3-7-14(24)28-20(26)27)22-18-15(12-5-1-2-6-13(12)30-18)17-21-16(23-29-17)11-8-9-11/h11,14H,1-10H2,(H,22,25)(H,26,27)/t14-/m1/s1. The molecule has 5 rings (SSSR count). The molecular formula is C20H24N4O5S. The molecule has 3 aliphatic rings. The van der Waals surface area contributed by atoms with Gasteiger partial charge in [0.1, 0.15) is 5.00 Å². The summed E-state index contributed by atoms with van der Waals surface area (Å²) in [6.45, 7) is 0.455. The van der Waals surface area contributed by atoms with Gasteiger partial charge in [0.05, 0.1) is 5.56 Å². The van der Waals surface area contributed by atoms with Gasteiger partial charge in [0.2, 0.25) is 0 Å². The van der Waals surface area contributed by atoms with E-state index < -0.39 is 12.4 Å². The van der Waals surface area contributed by atoms with Crippen molar-refractivity contribution in [2.45, 2.75) is 69.9 Å². The molecule has 0 unspecified atom stereocenters. The fourth-order valence-corrected chi connectivity index (χ4v) is 5.54. The average molecular weight is 433 g/mol. The van der Waals surface area contributed by atoms with Gasteiger partial charge in [-0.3, -0.25) is 10.2 Å². The maximum Gasteiger partial charge on any atom is 0.507 e. The number of carboxylic acid groups (broad SMARTS) is 1. The summed E-state index contributed by atoms with van der Waals surface area (Å²) in [5.41, 5.74) is 2.01. The van der Waals surface area contributed by atoms with Crippen molar-refractivity contribution in [1.82, 2.24) is 15.0 Å². The molecule has 30 heavy (non-hydrogen) atoms. The zero-order valence-electron chi connectivity index (χ0n) is 16.6. The Morgan fingerprint density at radius 3 is 2.80 bits per heavy atom. The van der Waals surface area contributed by atoms with E-state index in [-0.39, 0.29) is 6.03 Å². The Kier molecular flexibility index (Phi) is 5.10. The first-order valence-electron chi connectivity index (χ1n) is 10.6. The van der Waals surface area contributed by atoms with Crippen molar-refractivity contribution in [3.63, 3.8) is 0 Å². The van der Waals surface area contributed by atoms with E-state index in [1.807, 2.05) is 0 Å². The molecule has 10 heteroatoms. The largest absolute Gasteiger partial charge is 0.507 e. The number of fused-ring (bicyclic) bond motifs is 1. The van der Waals surface area contributed by atoms with Crippen LogP contribution in [-0.2, 0) is 17.6 Å². The smallest absolute Gasteiger partial charge is 0.450 e. The number of ether oxygens (including phenoxy) is 1. The third-order valence-electron chi connectivity index (χ3n) is 5.94. The monoisotopic (exact) mass is 432 g/mol. The summed E-state index contributed by atoms with van der Waals surface area (Å²) in [6, 6.07) is -0.359. The number of hydrogen-bond donors (Lipinski definition) is 2. The fraction of sp³-hybridized carbons (Fsp3) is 0.600. The van der Waals surface area contributed by atoms with Crippen LogP contribution >= 0.6 is 11.3 Å². The number of carbonyl (C=O) groups excluding carboxylic acids is 1. The van der Waals surface area contributed by atoms with Gasteiger partial charge in [-0.2, -0.15) is 4.98 Å². The zero-order chi connectivity index (χ0) is 20.7. The summed E-state index contributed by atoms with van der Waals surface area (Å²) >= 11 is 1.55. The number of nitrogens with one attached hydrogen (secondary N) is 1. The van der Waals surface area contributed by atoms with Crippen molar-refractivity contribution >= 4 is 28.5 Å². The van der Waals surface area contributed by atoms with Crippen LogP contribution in [0.5, 0.6) is 0 Å². The van der Waals surface area contributed by atoms with Crippen molar-refractivity contribution in [3.05, 3.63) is 16.3 Å². The Bertz CT molecular complexity index is 967. The molecule has 2 fully saturated rings. The molecule has 3 heterocycles. The number of amides is 2. The van der Waals surface area contributed by atoms with E-state index in [1.54, 1.807) is 11.3 Å². The van der Waals surface area contributed by atoms with Crippen molar-refractivity contribution in [1.29, 1.82) is 0 Å². The molecular weight excluding hydrogens is 408 g/mol. The van der Waals surface area contributed by atoms with Crippen LogP contribution in [0.25, 0.3) is 11.5 Å². The lowest BCUT2D eigenvalue weighted by Gasteiger charge is -2.33. The minimum absolute atomic E-state index is 0.359. The molecule has 160 valence electrons. The number of piperidine rings is 1. The highest BCUT2D eigenvalue weighted by Crippen LogP contribution is 2.45. The van der Waals surface area contributed by atoms with Crippen LogP contribution in [0.2, 0.25) is 0 Å². The Balaban J connectivity index is 1.44. The second kappa shape index (κ2) is 7.90. The molecule has 2 aromatic rings. The molecule has 2 aromatic heterocycles. The quantitative estimate of drug-likeness (QED) is 0.678. The predicted octanol–water partition coefficient (Wildman–Crippen LogP) is 4.59. The van der Waals surface area contributed by atoms with Crippen LogP contribution in [0.15, 0.2) is 4.52 Å². The number of rotatable bonds is 4. The van der Waals surface area contributed by atoms with Crippen LogP contribution in [0.3, 0.4) is 0 Å². The highest BCUT2D eigenvalue weighted by molar-refractivity contribution is 7.17. The minimum atomic E-state index is -1.37. The molecule has 0 aromatic carbocycles. The SMILES string of the molecule is O=C(O)O[C@@H]1CCCCN1C(=O)Nc1sc2c(c1-c1nc(C3CC3)no1)CCCC2. The Hall–Kier alpha value is -2.62. The van der Waals surface area contributed by atoms with E-state index in [1.165, 1.54) is 15.3 Å². The van der Waals surface area contributed by atoms with Crippen LogP contribution in [0, 0.1) is 0 Å². The van der Waals surface area contributed by atoms with Gasteiger partial charge in [-0.1, -0.05) is 5.16 Å². The predicted molar refractivity (Wildman–Crippen MR) is 109 cm³/mol. The third-order valence-corrected chi connectivity index (χ3v) is 7.14. The number of urea groups is 1. The van der Waals surface area contributed by atoms with Crippen molar-refractivity contribution in [3.8, 4) is 11.5 Å². The maximum atomic E-state index is 13.1. The number of nitrogens with zero attached hydrogens (tertiary/aromatic N) is 3. The van der Waals surface area contributed by atoms with Gasteiger partial charge in [0.25, 0.3) is 5.89 Å². The van der Waals surface area contributed by atoms with Crippen LogP contribution in [-0.4, -0.2) is 45.1 Å². The molecule has 0 spiro atoms. The first-order chi connectivity index (χ1) is 14.6. The molecule has 1 saturated heterocycles. The van der Waals surface area contributed by atoms with Gasteiger partial charge < -0.3 is 14.4 Å². The van der Waals surface area contributed by atoms with E-state index in [4.69, 9.17) is 14.4 Å².